The van der Waals surface area contributed by atoms with Crippen LogP contribution in [-0.2, 0) is 0 Å². The summed E-state index contributed by atoms with van der Waals surface area (Å²) in [7, 11) is 1.59. The minimum atomic E-state index is -0.0280. The Hall–Kier alpha value is -2.33. The van der Waals surface area contributed by atoms with Crippen LogP contribution in [0.4, 0.5) is 5.69 Å². The highest BCUT2D eigenvalue weighted by atomic mass is 16.5. The van der Waals surface area contributed by atoms with Gasteiger partial charge in [-0.2, -0.15) is 0 Å². The van der Waals surface area contributed by atoms with Crippen LogP contribution in [0.3, 0.4) is 0 Å². The number of rotatable bonds is 6. The molecule has 2 aromatic rings. The van der Waals surface area contributed by atoms with Crippen LogP contribution in [0.2, 0.25) is 0 Å². The molecule has 2 aromatic carbocycles. The Bertz CT molecular complexity index is 567. The van der Waals surface area contributed by atoms with Crippen LogP contribution in [0.1, 0.15) is 5.56 Å². The van der Waals surface area contributed by atoms with E-state index in [-0.39, 0.29) is 13.2 Å². The molecule has 0 radical (unpaired) electrons. The van der Waals surface area contributed by atoms with Crippen molar-refractivity contribution in [1.82, 2.24) is 0 Å². The van der Waals surface area contributed by atoms with E-state index in [4.69, 9.17) is 14.6 Å². The summed E-state index contributed by atoms with van der Waals surface area (Å²) < 4.78 is 10.6. The van der Waals surface area contributed by atoms with Crippen molar-refractivity contribution >= 4 is 11.9 Å². The van der Waals surface area contributed by atoms with E-state index in [0.29, 0.717) is 11.5 Å². The van der Waals surface area contributed by atoms with Gasteiger partial charge in [-0.3, -0.25) is 4.99 Å². The predicted molar refractivity (Wildman–Crippen MR) is 79.3 cm³/mol. The van der Waals surface area contributed by atoms with Gasteiger partial charge in [-0.05, 0) is 5.56 Å². The summed E-state index contributed by atoms with van der Waals surface area (Å²) >= 11 is 0. The van der Waals surface area contributed by atoms with Gasteiger partial charge in [0.1, 0.15) is 18.1 Å². The molecule has 0 bridgehead atoms. The van der Waals surface area contributed by atoms with E-state index in [2.05, 4.69) is 4.99 Å². The van der Waals surface area contributed by atoms with Crippen LogP contribution in [0.5, 0.6) is 11.5 Å². The Morgan fingerprint density at radius 1 is 1.10 bits per heavy atom. The smallest absolute Gasteiger partial charge is 0.125 e. The molecule has 0 aliphatic heterocycles. The topological polar surface area (TPSA) is 51.0 Å². The maximum absolute atomic E-state index is 8.79. The molecule has 4 nitrogen and oxygen atoms in total. The third kappa shape index (κ3) is 4.10. The van der Waals surface area contributed by atoms with Crippen LogP contribution >= 0.6 is 0 Å². The normalized spacial score (nSPS) is 10.7. The van der Waals surface area contributed by atoms with Crippen molar-refractivity contribution in [1.29, 1.82) is 0 Å². The van der Waals surface area contributed by atoms with E-state index in [1.165, 1.54) is 0 Å². The van der Waals surface area contributed by atoms with Gasteiger partial charge in [0.25, 0.3) is 0 Å². The highest BCUT2D eigenvalue weighted by Gasteiger charge is 2.01. The lowest BCUT2D eigenvalue weighted by molar-refractivity contribution is 0.201. The molecule has 20 heavy (non-hydrogen) atoms. The average Bonchev–Trinajstić information content (AvgIpc) is 2.51. The van der Waals surface area contributed by atoms with Crippen molar-refractivity contribution in [2.75, 3.05) is 20.3 Å². The summed E-state index contributed by atoms with van der Waals surface area (Å²) in [6, 6.07) is 15.2. The predicted octanol–water partition coefficient (Wildman–Crippen LogP) is 2.82. The summed E-state index contributed by atoms with van der Waals surface area (Å²) in [4.78, 5) is 4.41. The zero-order valence-corrected chi connectivity index (χ0v) is 11.3. The standard InChI is InChI=1S/C16H17NO3/c1-19-15-9-14(10-16(11-15)20-8-7-18)17-12-13-5-3-2-4-6-13/h2-6,9-12,18H,7-8H2,1H3/b17-12+. The molecule has 0 aliphatic carbocycles. The quantitative estimate of drug-likeness (QED) is 0.822. The third-order valence-electron chi connectivity index (χ3n) is 2.62. The Morgan fingerprint density at radius 3 is 2.55 bits per heavy atom. The second kappa shape index (κ2) is 7.31. The second-order valence-corrected chi connectivity index (χ2v) is 4.11. The number of ether oxygens (including phenoxy) is 2. The van der Waals surface area contributed by atoms with Gasteiger partial charge < -0.3 is 14.6 Å². The monoisotopic (exact) mass is 271 g/mol. The average molecular weight is 271 g/mol. The fraction of sp³-hybridized carbons (Fsp3) is 0.188. The molecule has 0 unspecified atom stereocenters. The van der Waals surface area contributed by atoms with Gasteiger partial charge in [0.05, 0.1) is 19.4 Å². The van der Waals surface area contributed by atoms with E-state index in [1.807, 2.05) is 36.4 Å². The van der Waals surface area contributed by atoms with Crippen LogP contribution in [0.25, 0.3) is 0 Å². The minimum absolute atomic E-state index is 0.0280. The zero-order chi connectivity index (χ0) is 14.2. The summed E-state index contributed by atoms with van der Waals surface area (Å²) in [5.41, 5.74) is 1.76. The lowest BCUT2D eigenvalue weighted by atomic mass is 10.2. The molecule has 4 heteroatoms. The van der Waals surface area contributed by atoms with Crippen molar-refractivity contribution in [3.63, 3.8) is 0 Å². The number of benzene rings is 2. The first-order valence-electron chi connectivity index (χ1n) is 6.33. The molecule has 1 N–H and O–H groups in total. The molecule has 0 saturated carbocycles. The van der Waals surface area contributed by atoms with Crippen molar-refractivity contribution < 1.29 is 14.6 Å². The summed E-state index contributed by atoms with van der Waals surface area (Å²) in [5.74, 6) is 1.29. The number of aliphatic imine (C=N–C) groups is 1. The Balaban J connectivity index is 2.19. The zero-order valence-electron chi connectivity index (χ0n) is 11.3. The van der Waals surface area contributed by atoms with Gasteiger partial charge >= 0.3 is 0 Å². The molecular formula is C16H17NO3. The Morgan fingerprint density at radius 2 is 1.85 bits per heavy atom. The first-order valence-corrected chi connectivity index (χ1v) is 6.33. The van der Waals surface area contributed by atoms with E-state index < -0.39 is 0 Å². The molecular weight excluding hydrogens is 254 g/mol. The van der Waals surface area contributed by atoms with Crippen molar-refractivity contribution in [2.45, 2.75) is 0 Å². The molecule has 0 aliphatic rings. The number of hydrogen-bond donors (Lipinski definition) is 1. The largest absolute Gasteiger partial charge is 0.497 e. The fourth-order valence-electron chi connectivity index (χ4n) is 1.68. The highest BCUT2D eigenvalue weighted by Crippen LogP contribution is 2.27. The molecule has 0 aromatic heterocycles. The van der Waals surface area contributed by atoms with Crippen molar-refractivity contribution in [3.05, 3.63) is 54.1 Å². The number of hydrogen-bond acceptors (Lipinski definition) is 4. The number of methoxy groups -OCH3 is 1. The SMILES string of the molecule is COc1cc(/N=C/c2ccccc2)cc(OCCO)c1. The van der Waals surface area contributed by atoms with Gasteiger partial charge in [-0.1, -0.05) is 30.3 Å². The first kappa shape index (κ1) is 14.1. The van der Waals surface area contributed by atoms with Gasteiger partial charge in [-0.15, -0.1) is 0 Å². The van der Waals surface area contributed by atoms with E-state index in [1.54, 1.807) is 25.5 Å². The van der Waals surface area contributed by atoms with Gasteiger partial charge in [-0.25, -0.2) is 0 Å². The maximum Gasteiger partial charge on any atom is 0.125 e. The summed E-state index contributed by atoms with van der Waals surface area (Å²) in [6.45, 7) is 0.217. The maximum atomic E-state index is 8.79. The molecule has 0 heterocycles. The van der Waals surface area contributed by atoms with Crippen LogP contribution < -0.4 is 9.47 Å². The number of aliphatic hydroxyl groups excluding tert-OH is 1. The van der Waals surface area contributed by atoms with Crippen molar-refractivity contribution in [2.24, 2.45) is 4.99 Å². The molecule has 104 valence electrons. The molecule has 0 fully saturated rings. The highest BCUT2D eigenvalue weighted by molar-refractivity contribution is 5.82. The van der Waals surface area contributed by atoms with Crippen molar-refractivity contribution in [3.8, 4) is 11.5 Å². The molecule has 0 saturated heterocycles. The Kier molecular flexibility index (Phi) is 5.15. The molecule has 0 amide bonds. The lowest BCUT2D eigenvalue weighted by Crippen LogP contribution is -2.01. The van der Waals surface area contributed by atoms with E-state index >= 15 is 0 Å². The number of nitrogens with zero attached hydrogens (tertiary/aromatic N) is 1. The van der Waals surface area contributed by atoms with Crippen LogP contribution in [0.15, 0.2) is 53.5 Å². The molecule has 2 rings (SSSR count). The van der Waals surface area contributed by atoms with E-state index in [9.17, 15) is 0 Å². The second-order valence-electron chi connectivity index (χ2n) is 4.11. The molecule has 0 spiro atoms. The first-order chi connectivity index (χ1) is 9.81. The van der Waals surface area contributed by atoms with E-state index in [0.717, 1.165) is 11.3 Å². The van der Waals surface area contributed by atoms with Crippen LogP contribution in [0, 0.1) is 0 Å². The van der Waals surface area contributed by atoms with Gasteiger partial charge in [0.2, 0.25) is 0 Å². The fourth-order valence-corrected chi connectivity index (χ4v) is 1.68. The lowest BCUT2D eigenvalue weighted by Gasteiger charge is -2.07. The Labute approximate surface area is 118 Å². The van der Waals surface area contributed by atoms with Crippen LogP contribution in [-0.4, -0.2) is 31.6 Å². The van der Waals surface area contributed by atoms with Gasteiger partial charge in [0, 0.05) is 24.4 Å². The minimum Gasteiger partial charge on any atom is -0.497 e. The summed E-state index contributed by atoms with van der Waals surface area (Å²) in [6.07, 6.45) is 1.78. The van der Waals surface area contributed by atoms with Gasteiger partial charge in [0.15, 0.2) is 0 Å². The number of aliphatic hydroxyl groups is 1. The third-order valence-corrected chi connectivity index (χ3v) is 2.62. The molecule has 0 atom stereocenters. The summed E-state index contributed by atoms with van der Waals surface area (Å²) in [5, 5.41) is 8.79.